The monoisotopic (exact) mass is 400 g/mol. The molecule has 3 aromatic rings. The minimum Gasteiger partial charge on any atom is -0.466 e. The van der Waals surface area contributed by atoms with Crippen molar-refractivity contribution in [3.63, 3.8) is 0 Å². The minimum atomic E-state index is -0.136. The van der Waals surface area contributed by atoms with E-state index < -0.39 is 0 Å². The van der Waals surface area contributed by atoms with E-state index in [0.29, 0.717) is 24.6 Å². The molecule has 1 aromatic heterocycles. The number of aryl methyl sites for hydroxylation is 1. The van der Waals surface area contributed by atoms with Crippen LogP contribution in [0.15, 0.2) is 53.3 Å². The number of fused-ring (bicyclic) bond motifs is 1. The second-order valence-electron chi connectivity index (χ2n) is 6.71. The van der Waals surface area contributed by atoms with E-state index in [1.807, 2.05) is 47.9 Å². The summed E-state index contributed by atoms with van der Waals surface area (Å²) in [6, 6.07) is 15.1. The number of ether oxygens (including phenoxy) is 1. The van der Waals surface area contributed by atoms with Gasteiger partial charge in [0, 0.05) is 18.0 Å². The lowest BCUT2D eigenvalue weighted by Gasteiger charge is -2.04. The van der Waals surface area contributed by atoms with Crippen LogP contribution >= 0.6 is 11.6 Å². The molecule has 6 heteroatoms. The molecule has 0 amide bonds. The van der Waals surface area contributed by atoms with Crippen molar-refractivity contribution in [2.75, 3.05) is 6.61 Å². The van der Waals surface area contributed by atoms with E-state index in [4.69, 9.17) is 16.3 Å². The summed E-state index contributed by atoms with van der Waals surface area (Å²) < 4.78 is 8.47. The predicted molar refractivity (Wildman–Crippen MR) is 112 cm³/mol. The molecule has 0 aliphatic heterocycles. The number of nitrogens with zero attached hydrogens (tertiary/aromatic N) is 2. The Morgan fingerprint density at radius 1 is 1.00 bits per heavy atom. The Labute approximate surface area is 169 Å². The van der Waals surface area contributed by atoms with Crippen LogP contribution in [-0.4, -0.2) is 21.7 Å². The Morgan fingerprint density at radius 2 is 1.75 bits per heavy atom. The molecule has 0 saturated heterocycles. The summed E-state index contributed by atoms with van der Waals surface area (Å²) >= 11 is 6.12. The number of rotatable bonds is 9. The molecule has 5 nitrogen and oxygen atoms in total. The highest BCUT2D eigenvalue weighted by Gasteiger charge is 2.14. The van der Waals surface area contributed by atoms with Crippen molar-refractivity contribution in [2.24, 2.45) is 0 Å². The first-order chi connectivity index (χ1) is 13.6. The van der Waals surface area contributed by atoms with Gasteiger partial charge in [0.25, 0.3) is 0 Å². The quantitative estimate of drug-likeness (QED) is 0.377. The smallest absolute Gasteiger partial charge is 0.333 e. The number of carbonyl (C=O) groups is 1. The number of hydrogen-bond donors (Lipinski definition) is 0. The van der Waals surface area contributed by atoms with E-state index in [-0.39, 0.29) is 11.7 Å². The van der Waals surface area contributed by atoms with E-state index in [9.17, 15) is 9.59 Å². The summed E-state index contributed by atoms with van der Waals surface area (Å²) in [5.74, 6) is -0.136. The standard InChI is InChI=1S/C22H25ClN2O3/c1-2-28-21(26)14-5-3-4-8-15-24-19-12-6-7-13-20(19)25(22(24)27)18-11-9-10-17(23)16-18/h6-7,9-13,16H,2-5,8,14-15H2,1H3. The van der Waals surface area contributed by atoms with Crippen LogP contribution in [0.2, 0.25) is 5.02 Å². The van der Waals surface area contributed by atoms with Gasteiger partial charge in [-0.2, -0.15) is 0 Å². The van der Waals surface area contributed by atoms with Gasteiger partial charge in [-0.05, 0) is 50.1 Å². The van der Waals surface area contributed by atoms with Crippen LogP contribution in [-0.2, 0) is 16.1 Å². The molecule has 0 N–H and O–H groups in total. The van der Waals surface area contributed by atoms with Gasteiger partial charge in [-0.1, -0.05) is 42.6 Å². The Kier molecular flexibility index (Phi) is 6.93. The summed E-state index contributed by atoms with van der Waals surface area (Å²) in [4.78, 5) is 24.5. The summed E-state index contributed by atoms with van der Waals surface area (Å²) in [5, 5.41) is 0.600. The largest absolute Gasteiger partial charge is 0.466 e. The van der Waals surface area contributed by atoms with Crippen molar-refractivity contribution in [2.45, 2.75) is 45.6 Å². The van der Waals surface area contributed by atoms with Gasteiger partial charge < -0.3 is 4.74 Å². The van der Waals surface area contributed by atoms with Gasteiger partial charge in [-0.25, -0.2) is 4.79 Å². The highest BCUT2D eigenvalue weighted by Crippen LogP contribution is 2.20. The van der Waals surface area contributed by atoms with E-state index in [2.05, 4.69) is 0 Å². The number of halogens is 1. The maximum Gasteiger partial charge on any atom is 0.333 e. The second kappa shape index (κ2) is 9.60. The molecule has 0 spiro atoms. The van der Waals surface area contributed by atoms with Gasteiger partial charge >= 0.3 is 11.7 Å². The third-order valence-corrected chi connectivity index (χ3v) is 4.96. The number of esters is 1. The molecule has 148 valence electrons. The van der Waals surface area contributed by atoms with E-state index >= 15 is 0 Å². The van der Waals surface area contributed by atoms with E-state index in [1.54, 1.807) is 16.7 Å². The van der Waals surface area contributed by atoms with Crippen LogP contribution in [0.3, 0.4) is 0 Å². The van der Waals surface area contributed by atoms with Gasteiger partial charge in [0.15, 0.2) is 0 Å². The molecule has 28 heavy (non-hydrogen) atoms. The third-order valence-electron chi connectivity index (χ3n) is 4.72. The highest BCUT2D eigenvalue weighted by molar-refractivity contribution is 6.30. The van der Waals surface area contributed by atoms with Crippen molar-refractivity contribution in [1.29, 1.82) is 0 Å². The lowest BCUT2D eigenvalue weighted by atomic mass is 10.1. The highest BCUT2D eigenvalue weighted by atomic mass is 35.5. The topological polar surface area (TPSA) is 53.2 Å². The third kappa shape index (κ3) is 4.65. The fourth-order valence-electron chi connectivity index (χ4n) is 3.42. The van der Waals surface area contributed by atoms with E-state index in [0.717, 1.165) is 42.4 Å². The number of carbonyl (C=O) groups excluding carboxylic acids is 1. The molecule has 0 aliphatic carbocycles. The first kappa shape index (κ1) is 20.2. The first-order valence-corrected chi connectivity index (χ1v) is 10.1. The zero-order valence-corrected chi connectivity index (χ0v) is 16.8. The number of benzene rings is 2. The summed E-state index contributed by atoms with van der Waals surface area (Å²) in [6.07, 6.45) is 4.06. The fourth-order valence-corrected chi connectivity index (χ4v) is 3.60. The molecule has 0 aliphatic rings. The molecule has 3 rings (SSSR count). The van der Waals surface area contributed by atoms with Gasteiger partial charge in [0.2, 0.25) is 0 Å². The Hall–Kier alpha value is -2.53. The fraction of sp³-hybridized carbons (Fsp3) is 0.364. The average molecular weight is 401 g/mol. The maximum atomic E-state index is 13.1. The molecule has 0 atom stereocenters. The number of imidazole rings is 1. The minimum absolute atomic E-state index is 0.0602. The SMILES string of the molecule is CCOC(=O)CCCCCCn1c(=O)n(-c2cccc(Cl)c2)c2ccccc21. The van der Waals surface area contributed by atoms with Crippen LogP contribution in [0.25, 0.3) is 16.7 Å². The van der Waals surface area contributed by atoms with Crippen LogP contribution in [0, 0.1) is 0 Å². The lowest BCUT2D eigenvalue weighted by Crippen LogP contribution is -2.23. The summed E-state index contributed by atoms with van der Waals surface area (Å²) in [5.41, 5.74) is 2.49. The lowest BCUT2D eigenvalue weighted by molar-refractivity contribution is -0.143. The zero-order valence-electron chi connectivity index (χ0n) is 16.1. The van der Waals surface area contributed by atoms with Gasteiger partial charge in [-0.15, -0.1) is 0 Å². The average Bonchev–Trinajstić information content (AvgIpc) is 2.96. The molecule has 0 saturated carbocycles. The second-order valence-corrected chi connectivity index (χ2v) is 7.14. The Balaban J connectivity index is 1.71. The maximum absolute atomic E-state index is 13.1. The van der Waals surface area contributed by atoms with Gasteiger partial charge in [0.1, 0.15) is 0 Å². The molecular formula is C22H25ClN2O3. The molecule has 0 bridgehead atoms. The Bertz CT molecular complexity index is 1010. The first-order valence-electron chi connectivity index (χ1n) is 9.73. The molecular weight excluding hydrogens is 376 g/mol. The number of para-hydroxylation sites is 2. The zero-order chi connectivity index (χ0) is 19.9. The van der Waals surface area contributed by atoms with E-state index in [1.165, 1.54) is 0 Å². The predicted octanol–water partition coefficient (Wildman–Crippen LogP) is 4.96. The molecule has 0 fully saturated rings. The summed E-state index contributed by atoms with van der Waals surface area (Å²) in [7, 11) is 0. The molecule has 2 aromatic carbocycles. The van der Waals surface area contributed by atoms with Crippen LogP contribution < -0.4 is 5.69 Å². The number of unbranched alkanes of at least 4 members (excludes halogenated alkanes) is 3. The normalized spacial score (nSPS) is 11.1. The van der Waals surface area contributed by atoms with Crippen LogP contribution in [0.5, 0.6) is 0 Å². The van der Waals surface area contributed by atoms with Gasteiger partial charge in [0.05, 0.1) is 23.3 Å². The molecule has 0 unspecified atom stereocenters. The van der Waals surface area contributed by atoms with Crippen LogP contribution in [0.1, 0.15) is 39.0 Å². The van der Waals surface area contributed by atoms with Crippen LogP contribution in [0.4, 0.5) is 0 Å². The molecule has 1 heterocycles. The Morgan fingerprint density at radius 3 is 2.50 bits per heavy atom. The van der Waals surface area contributed by atoms with Gasteiger partial charge in [-0.3, -0.25) is 13.9 Å². The molecule has 0 radical (unpaired) electrons. The van der Waals surface area contributed by atoms with Crippen molar-refractivity contribution >= 4 is 28.6 Å². The van der Waals surface area contributed by atoms with Crippen molar-refractivity contribution in [3.05, 3.63) is 64.0 Å². The van der Waals surface area contributed by atoms with Crippen molar-refractivity contribution in [3.8, 4) is 5.69 Å². The number of aromatic nitrogens is 2. The van der Waals surface area contributed by atoms with Crippen molar-refractivity contribution in [1.82, 2.24) is 9.13 Å². The number of hydrogen-bond acceptors (Lipinski definition) is 3. The van der Waals surface area contributed by atoms with Crippen molar-refractivity contribution < 1.29 is 9.53 Å². The summed E-state index contributed by atoms with van der Waals surface area (Å²) in [6.45, 7) is 2.89.